The number of anilines is 1. The number of ether oxygens (including phenoxy) is 1. The molecule has 4 rings (SSSR count). The van der Waals surface area contributed by atoms with Gasteiger partial charge in [-0.1, -0.05) is 36.4 Å². The van der Waals surface area contributed by atoms with Crippen LogP contribution in [0.1, 0.15) is 15.9 Å². The quantitative estimate of drug-likeness (QED) is 0.833. The first kappa shape index (κ1) is 17.1. The molecule has 1 saturated heterocycles. The first-order valence-corrected chi connectivity index (χ1v) is 9.60. The Morgan fingerprint density at radius 3 is 2.65 bits per heavy atom. The van der Waals surface area contributed by atoms with Crippen LogP contribution in [0, 0.1) is 0 Å². The second-order valence-electron chi connectivity index (χ2n) is 6.28. The van der Waals surface area contributed by atoms with E-state index >= 15 is 0 Å². The van der Waals surface area contributed by atoms with Crippen molar-refractivity contribution in [2.24, 2.45) is 0 Å². The van der Waals surface area contributed by atoms with Crippen molar-refractivity contribution in [3.8, 4) is 0 Å². The Labute approximate surface area is 156 Å². The van der Waals surface area contributed by atoms with Gasteiger partial charge in [-0.2, -0.15) is 0 Å². The maximum atomic E-state index is 13.5. The van der Waals surface area contributed by atoms with Gasteiger partial charge < -0.3 is 14.5 Å². The molecule has 0 saturated carbocycles. The summed E-state index contributed by atoms with van der Waals surface area (Å²) in [5.41, 5.74) is 2.37. The lowest BCUT2D eigenvalue weighted by Gasteiger charge is -2.33. The number of nitrogens with zero attached hydrogens (tertiary/aromatic N) is 2. The van der Waals surface area contributed by atoms with Crippen LogP contribution >= 0.6 is 11.8 Å². The molecule has 2 amide bonds. The monoisotopic (exact) mass is 368 g/mol. The fraction of sp³-hybridized carbons (Fsp3) is 0.300. The van der Waals surface area contributed by atoms with Crippen molar-refractivity contribution in [2.75, 3.05) is 37.5 Å². The molecule has 6 heteroatoms. The van der Waals surface area contributed by atoms with Gasteiger partial charge in [-0.3, -0.25) is 9.59 Å². The molecule has 0 radical (unpaired) electrons. The minimum Gasteiger partial charge on any atom is -0.383 e. The van der Waals surface area contributed by atoms with Crippen LogP contribution in [0.4, 0.5) is 5.69 Å². The zero-order valence-corrected chi connectivity index (χ0v) is 15.4. The third-order valence-corrected chi connectivity index (χ3v) is 6.31. The molecule has 2 heterocycles. The van der Waals surface area contributed by atoms with Crippen LogP contribution in [-0.4, -0.2) is 49.3 Å². The number of benzene rings is 2. The highest BCUT2D eigenvalue weighted by Crippen LogP contribution is 2.54. The predicted octanol–water partition coefficient (Wildman–Crippen LogP) is 2.72. The number of para-hydroxylation sites is 1. The number of carbonyl (C=O) groups excluding carboxylic acids is 2. The van der Waals surface area contributed by atoms with E-state index in [9.17, 15) is 9.59 Å². The molecule has 0 aromatic heterocycles. The third-order valence-electron chi connectivity index (χ3n) is 4.89. The Bertz CT molecular complexity index is 842. The summed E-state index contributed by atoms with van der Waals surface area (Å²) in [5, 5.41) is 0. The van der Waals surface area contributed by atoms with E-state index in [1.807, 2.05) is 42.5 Å². The van der Waals surface area contributed by atoms with Gasteiger partial charge in [0.15, 0.2) is 4.87 Å². The van der Waals surface area contributed by atoms with E-state index in [1.165, 1.54) is 0 Å². The van der Waals surface area contributed by atoms with E-state index in [1.54, 1.807) is 40.8 Å². The standard InChI is InChI=1S/C20H20N2O3S/c1-25-13-11-21-17-10-6-5-9-16(17)20(19(21)24)22(12-14-26-20)18(23)15-7-3-2-4-8-15/h2-10H,11-14H2,1H3. The fourth-order valence-electron chi connectivity index (χ4n) is 3.71. The smallest absolute Gasteiger partial charge is 0.268 e. The van der Waals surface area contributed by atoms with Crippen molar-refractivity contribution in [1.29, 1.82) is 0 Å². The molecular weight excluding hydrogens is 348 g/mol. The molecule has 2 aromatic carbocycles. The topological polar surface area (TPSA) is 49.9 Å². The Balaban J connectivity index is 1.79. The van der Waals surface area contributed by atoms with Crippen LogP contribution in [0.25, 0.3) is 0 Å². The van der Waals surface area contributed by atoms with Gasteiger partial charge in [0.1, 0.15) is 0 Å². The lowest BCUT2D eigenvalue weighted by atomic mass is 10.0. The van der Waals surface area contributed by atoms with Crippen molar-refractivity contribution < 1.29 is 14.3 Å². The molecule has 134 valence electrons. The van der Waals surface area contributed by atoms with Gasteiger partial charge in [-0.15, -0.1) is 11.8 Å². The number of hydrogen-bond acceptors (Lipinski definition) is 4. The van der Waals surface area contributed by atoms with E-state index in [2.05, 4.69) is 0 Å². The van der Waals surface area contributed by atoms with Crippen molar-refractivity contribution in [2.45, 2.75) is 4.87 Å². The first-order valence-electron chi connectivity index (χ1n) is 8.61. The van der Waals surface area contributed by atoms with Crippen molar-refractivity contribution in [1.82, 2.24) is 4.90 Å². The fourth-order valence-corrected chi connectivity index (χ4v) is 5.17. The molecule has 1 spiro atoms. The summed E-state index contributed by atoms with van der Waals surface area (Å²) >= 11 is 1.54. The molecule has 1 fully saturated rings. The number of carbonyl (C=O) groups is 2. The molecule has 26 heavy (non-hydrogen) atoms. The lowest BCUT2D eigenvalue weighted by Crippen LogP contribution is -2.50. The number of amides is 2. The zero-order chi connectivity index (χ0) is 18.1. The van der Waals surface area contributed by atoms with Gasteiger partial charge in [0.2, 0.25) is 0 Å². The molecule has 1 unspecified atom stereocenters. The second kappa shape index (κ2) is 6.78. The SMILES string of the molecule is COCCN1C(=O)C2(SCCN2C(=O)c2ccccc2)c2ccccc21. The van der Waals surface area contributed by atoms with Gasteiger partial charge in [0, 0.05) is 37.1 Å². The number of rotatable bonds is 4. The molecule has 2 aliphatic heterocycles. The Morgan fingerprint density at radius 1 is 1.15 bits per heavy atom. The Morgan fingerprint density at radius 2 is 1.88 bits per heavy atom. The van der Waals surface area contributed by atoms with Crippen LogP contribution in [0.3, 0.4) is 0 Å². The van der Waals surface area contributed by atoms with Crippen LogP contribution in [0.15, 0.2) is 54.6 Å². The number of fused-ring (bicyclic) bond motifs is 2. The van der Waals surface area contributed by atoms with E-state index in [0.29, 0.717) is 25.3 Å². The van der Waals surface area contributed by atoms with E-state index in [4.69, 9.17) is 4.74 Å². The number of methoxy groups -OCH3 is 1. The maximum absolute atomic E-state index is 13.5. The highest BCUT2D eigenvalue weighted by atomic mass is 32.2. The second-order valence-corrected chi connectivity index (χ2v) is 7.57. The van der Waals surface area contributed by atoms with Gasteiger partial charge >= 0.3 is 0 Å². The first-order chi connectivity index (χ1) is 12.7. The number of thioether (sulfide) groups is 1. The van der Waals surface area contributed by atoms with Crippen molar-refractivity contribution >= 4 is 29.3 Å². The average molecular weight is 368 g/mol. The van der Waals surface area contributed by atoms with Gasteiger partial charge in [0.25, 0.3) is 11.8 Å². The largest absolute Gasteiger partial charge is 0.383 e. The molecule has 0 aliphatic carbocycles. The zero-order valence-electron chi connectivity index (χ0n) is 14.6. The lowest BCUT2D eigenvalue weighted by molar-refractivity contribution is -0.123. The van der Waals surface area contributed by atoms with Crippen LogP contribution < -0.4 is 4.90 Å². The van der Waals surface area contributed by atoms with Gasteiger partial charge in [-0.05, 0) is 18.2 Å². The van der Waals surface area contributed by atoms with E-state index < -0.39 is 4.87 Å². The molecule has 2 aromatic rings. The molecule has 1 atom stereocenters. The summed E-state index contributed by atoms with van der Waals surface area (Å²) in [7, 11) is 1.62. The van der Waals surface area contributed by atoms with Gasteiger partial charge in [0.05, 0.1) is 12.3 Å². The Kier molecular flexibility index (Phi) is 4.46. The highest BCUT2D eigenvalue weighted by Gasteiger charge is 2.59. The molecule has 5 nitrogen and oxygen atoms in total. The number of hydrogen-bond donors (Lipinski definition) is 0. The van der Waals surface area contributed by atoms with Crippen LogP contribution in [0.2, 0.25) is 0 Å². The Hall–Kier alpha value is -2.31. The van der Waals surface area contributed by atoms with Crippen molar-refractivity contribution in [3.05, 3.63) is 65.7 Å². The third kappa shape index (κ3) is 2.44. The summed E-state index contributed by atoms with van der Waals surface area (Å²) in [5.74, 6) is 0.575. The van der Waals surface area contributed by atoms with E-state index in [0.717, 1.165) is 17.0 Å². The summed E-state index contributed by atoms with van der Waals surface area (Å²) in [6.45, 7) is 1.48. The molecular formula is C20H20N2O3S. The summed E-state index contributed by atoms with van der Waals surface area (Å²) in [6.07, 6.45) is 0. The molecule has 0 N–H and O–H groups in total. The molecule has 0 bridgehead atoms. The highest BCUT2D eigenvalue weighted by molar-refractivity contribution is 8.01. The maximum Gasteiger partial charge on any atom is 0.268 e. The summed E-state index contributed by atoms with van der Waals surface area (Å²) < 4.78 is 5.18. The van der Waals surface area contributed by atoms with Crippen LogP contribution in [0.5, 0.6) is 0 Å². The van der Waals surface area contributed by atoms with E-state index in [-0.39, 0.29) is 11.8 Å². The summed E-state index contributed by atoms with van der Waals surface area (Å²) in [6, 6.07) is 16.9. The minimum atomic E-state index is -0.975. The normalized spacial score (nSPS) is 21.5. The van der Waals surface area contributed by atoms with Crippen LogP contribution in [-0.2, 0) is 14.4 Å². The van der Waals surface area contributed by atoms with Gasteiger partial charge in [-0.25, -0.2) is 0 Å². The predicted molar refractivity (Wildman–Crippen MR) is 102 cm³/mol. The summed E-state index contributed by atoms with van der Waals surface area (Å²) in [4.78, 5) is 29.2. The van der Waals surface area contributed by atoms with Crippen molar-refractivity contribution in [3.63, 3.8) is 0 Å². The molecule has 2 aliphatic rings. The minimum absolute atomic E-state index is 0.0532. The average Bonchev–Trinajstić information content (AvgIpc) is 3.23.